The van der Waals surface area contributed by atoms with E-state index < -0.39 is 5.79 Å². The van der Waals surface area contributed by atoms with Crippen LogP contribution in [0.2, 0.25) is 0 Å². The van der Waals surface area contributed by atoms with Crippen molar-refractivity contribution in [3.63, 3.8) is 0 Å². The largest absolute Gasteiger partial charge is 0.508 e. The summed E-state index contributed by atoms with van der Waals surface area (Å²) >= 11 is 0. The summed E-state index contributed by atoms with van der Waals surface area (Å²) in [5.74, 6) is -0.0862. The van der Waals surface area contributed by atoms with Gasteiger partial charge in [0.2, 0.25) is 5.79 Å². The van der Waals surface area contributed by atoms with Gasteiger partial charge >= 0.3 is 0 Å². The number of ether oxygens (including phenoxy) is 1. The second-order valence-electron chi connectivity index (χ2n) is 6.48. The van der Waals surface area contributed by atoms with Crippen molar-refractivity contribution in [3.05, 3.63) is 23.3 Å². The third-order valence-corrected chi connectivity index (χ3v) is 5.49. The summed E-state index contributed by atoms with van der Waals surface area (Å²) in [7, 11) is 0. The quantitative estimate of drug-likeness (QED) is 0.742. The van der Waals surface area contributed by atoms with Gasteiger partial charge in [-0.3, -0.25) is 0 Å². The number of rotatable bonds is 0. The number of hydrogen-bond acceptors (Lipinski definition) is 3. The maximum atomic E-state index is 10.7. The lowest BCUT2D eigenvalue weighted by molar-refractivity contribution is -0.215. The van der Waals surface area contributed by atoms with Gasteiger partial charge in [-0.15, -0.1) is 0 Å². The lowest BCUT2D eigenvalue weighted by Gasteiger charge is -2.50. The van der Waals surface area contributed by atoms with Gasteiger partial charge in [-0.05, 0) is 31.0 Å². The molecule has 1 aliphatic carbocycles. The fraction of sp³-hybridized carbons (Fsp3) is 0.600. The minimum atomic E-state index is -1.10. The molecule has 0 spiro atoms. The number of aliphatic hydroxyl groups is 1. The summed E-state index contributed by atoms with van der Waals surface area (Å²) in [5, 5.41) is 20.7. The minimum Gasteiger partial charge on any atom is -0.508 e. The van der Waals surface area contributed by atoms with E-state index in [1.165, 1.54) is 0 Å². The molecule has 1 aromatic rings. The van der Waals surface area contributed by atoms with E-state index in [9.17, 15) is 10.2 Å². The molecule has 1 heterocycles. The highest BCUT2D eigenvalue weighted by atomic mass is 16.6. The number of fused-ring (bicyclic) bond motifs is 4. The van der Waals surface area contributed by atoms with E-state index in [4.69, 9.17) is 4.74 Å². The van der Waals surface area contributed by atoms with Crippen molar-refractivity contribution in [2.75, 3.05) is 0 Å². The van der Waals surface area contributed by atoms with Gasteiger partial charge < -0.3 is 14.9 Å². The predicted molar refractivity (Wildman–Crippen MR) is 68.8 cm³/mol. The van der Waals surface area contributed by atoms with Crippen LogP contribution in [0, 0.1) is 12.3 Å². The first kappa shape index (κ1) is 11.8. The molecule has 98 valence electrons. The Balaban J connectivity index is 2.30. The molecule has 0 aromatic heterocycles. The Labute approximate surface area is 107 Å². The molecule has 0 saturated heterocycles. The van der Waals surface area contributed by atoms with E-state index in [1.54, 1.807) is 6.07 Å². The van der Waals surface area contributed by atoms with Crippen molar-refractivity contribution >= 4 is 0 Å². The zero-order chi connectivity index (χ0) is 13.3. The smallest absolute Gasteiger partial charge is 0.214 e. The maximum absolute atomic E-state index is 10.7. The van der Waals surface area contributed by atoms with Gasteiger partial charge in [0.05, 0.1) is 0 Å². The van der Waals surface area contributed by atoms with E-state index in [0.29, 0.717) is 17.9 Å². The van der Waals surface area contributed by atoms with Crippen molar-refractivity contribution < 1.29 is 14.9 Å². The van der Waals surface area contributed by atoms with Crippen LogP contribution in [0.4, 0.5) is 0 Å². The third kappa shape index (κ3) is 1.09. The zero-order valence-corrected chi connectivity index (χ0v) is 11.4. The average molecular weight is 248 g/mol. The molecule has 1 aromatic carbocycles. The molecule has 2 aliphatic rings. The normalized spacial score (nSPS) is 36.1. The summed E-state index contributed by atoms with van der Waals surface area (Å²) in [6.45, 7) is 8.08. The van der Waals surface area contributed by atoms with Crippen LogP contribution in [-0.4, -0.2) is 16.0 Å². The number of phenolic OH excluding ortho intramolecular Hbond substituents is 1. The molecule has 18 heavy (non-hydrogen) atoms. The number of aromatic hydroxyl groups is 1. The fourth-order valence-electron chi connectivity index (χ4n) is 3.49. The maximum Gasteiger partial charge on any atom is 0.214 e. The Hall–Kier alpha value is -1.22. The zero-order valence-electron chi connectivity index (χ0n) is 11.4. The van der Waals surface area contributed by atoms with Gasteiger partial charge in [0.15, 0.2) is 0 Å². The average Bonchev–Trinajstić information content (AvgIpc) is 2.40. The SMILES string of the molecule is Cc1cc2c(cc1O)[C@]1(C)CC[C@](O)(O2)C1(C)C. The molecule has 1 fully saturated rings. The Bertz CT molecular complexity index is 535. The molecule has 1 aliphatic heterocycles. The molecule has 0 radical (unpaired) electrons. The summed E-state index contributed by atoms with van der Waals surface area (Å²) in [6.07, 6.45) is 1.50. The van der Waals surface area contributed by atoms with Gasteiger partial charge in [0.1, 0.15) is 11.5 Å². The molecule has 3 heteroatoms. The highest BCUT2D eigenvalue weighted by molar-refractivity contribution is 5.52. The van der Waals surface area contributed by atoms with Crippen LogP contribution < -0.4 is 4.74 Å². The first-order chi connectivity index (χ1) is 8.21. The van der Waals surface area contributed by atoms with Crippen LogP contribution in [0.15, 0.2) is 12.1 Å². The number of hydrogen-bond donors (Lipinski definition) is 2. The van der Waals surface area contributed by atoms with Crippen LogP contribution in [-0.2, 0) is 5.41 Å². The monoisotopic (exact) mass is 248 g/mol. The standard InChI is InChI=1S/C15H20O3/c1-9-7-12-10(8-11(9)16)14(4)5-6-15(17,18-12)13(14,2)3/h7-8,16-17H,5-6H2,1-4H3/t14-,15-/m0/s1. The predicted octanol–water partition coefficient (Wildman–Crippen LogP) is 2.86. The van der Waals surface area contributed by atoms with Gasteiger partial charge in [-0.25, -0.2) is 0 Å². The molecule has 3 rings (SSSR count). The first-order valence-corrected chi connectivity index (χ1v) is 6.47. The summed E-state index contributed by atoms with van der Waals surface area (Å²) < 4.78 is 5.87. The molecule has 2 atom stereocenters. The van der Waals surface area contributed by atoms with Crippen molar-refractivity contribution in [2.24, 2.45) is 5.41 Å². The van der Waals surface area contributed by atoms with Crippen molar-refractivity contribution in [1.29, 1.82) is 0 Å². The molecule has 2 bridgehead atoms. The Kier molecular flexibility index (Phi) is 1.99. The van der Waals surface area contributed by atoms with Gasteiger partial charge in [-0.2, -0.15) is 0 Å². The van der Waals surface area contributed by atoms with E-state index in [1.807, 2.05) is 26.8 Å². The first-order valence-electron chi connectivity index (χ1n) is 6.47. The van der Waals surface area contributed by atoms with Crippen molar-refractivity contribution in [3.8, 4) is 11.5 Å². The van der Waals surface area contributed by atoms with Crippen LogP contribution >= 0.6 is 0 Å². The molecular weight excluding hydrogens is 228 g/mol. The van der Waals surface area contributed by atoms with Crippen LogP contribution in [0.1, 0.15) is 44.7 Å². The Morgan fingerprint density at radius 1 is 1.17 bits per heavy atom. The van der Waals surface area contributed by atoms with Gasteiger partial charge in [-0.1, -0.05) is 20.8 Å². The van der Waals surface area contributed by atoms with E-state index in [0.717, 1.165) is 17.5 Å². The van der Waals surface area contributed by atoms with E-state index in [-0.39, 0.29) is 10.8 Å². The Morgan fingerprint density at radius 2 is 1.83 bits per heavy atom. The number of aryl methyl sites for hydroxylation is 1. The van der Waals surface area contributed by atoms with Crippen molar-refractivity contribution in [1.82, 2.24) is 0 Å². The molecular formula is C15H20O3. The minimum absolute atomic E-state index is 0.166. The lowest BCUT2D eigenvalue weighted by Crippen LogP contribution is -2.55. The second-order valence-corrected chi connectivity index (χ2v) is 6.48. The summed E-state index contributed by atoms with van der Waals surface area (Å²) in [6, 6.07) is 3.63. The van der Waals surface area contributed by atoms with Crippen LogP contribution in [0.3, 0.4) is 0 Å². The summed E-state index contributed by atoms with van der Waals surface area (Å²) in [5.41, 5.74) is 1.26. The Morgan fingerprint density at radius 3 is 2.50 bits per heavy atom. The fourth-order valence-corrected chi connectivity index (χ4v) is 3.49. The molecule has 0 amide bonds. The van der Waals surface area contributed by atoms with Crippen LogP contribution in [0.25, 0.3) is 0 Å². The molecule has 2 N–H and O–H groups in total. The molecule has 0 unspecified atom stereocenters. The van der Waals surface area contributed by atoms with E-state index in [2.05, 4.69) is 6.92 Å². The van der Waals surface area contributed by atoms with Gasteiger partial charge in [0, 0.05) is 22.8 Å². The third-order valence-electron chi connectivity index (χ3n) is 5.49. The second kappa shape index (κ2) is 3.02. The topological polar surface area (TPSA) is 49.7 Å². The highest BCUT2D eigenvalue weighted by Crippen LogP contribution is 2.64. The lowest BCUT2D eigenvalue weighted by atomic mass is 9.62. The van der Waals surface area contributed by atoms with E-state index >= 15 is 0 Å². The molecule has 1 saturated carbocycles. The summed E-state index contributed by atoms with van der Waals surface area (Å²) in [4.78, 5) is 0. The number of benzene rings is 1. The highest BCUT2D eigenvalue weighted by Gasteiger charge is 2.66. The number of phenols is 1. The van der Waals surface area contributed by atoms with Crippen LogP contribution in [0.5, 0.6) is 11.5 Å². The molecule has 3 nitrogen and oxygen atoms in total. The van der Waals surface area contributed by atoms with Crippen molar-refractivity contribution in [2.45, 2.75) is 51.7 Å². The van der Waals surface area contributed by atoms with Gasteiger partial charge in [0.25, 0.3) is 0 Å².